The molecule has 0 unspecified atom stereocenters. The van der Waals surface area contributed by atoms with Crippen molar-refractivity contribution >= 4 is 0 Å². The van der Waals surface area contributed by atoms with Gasteiger partial charge in [-0.3, -0.25) is 0 Å². The van der Waals surface area contributed by atoms with E-state index in [-0.39, 0.29) is 0 Å². The number of phenolic OH excluding ortho intramolecular Hbond substituents is 6. The van der Waals surface area contributed by atoms with Crippen LogP contribution in [-0.4, -0.2) is 30.6 Å². The smallest absolute Gasteiger partial charge is 0.118 e. The summed E-state index contributed by atoms with van der Waals surface area (Å²) in [6, 6.07) is 45.9. The molecule has 0 amide bonds. The molecule has 510 valence electrons. The Kier molecular flexibility index (Phi) is 56.3. The van der Waals surface area contributed by atoms with Crippen molar-refractivity contribution in [2.75, 3.05) is 0 Å². The van der Waals surface area contributed by atoms with E-state index in [9.17, 15) is 30.6 Å². The predicted molar refractivity (Wildman–Crippen MR) is 396 cm³/mol. The van der Waals surface area contributed by atoms with Crippen molar-refractivity contribution in [2.24, 2.45) is 0 Å². The number of para-hydroxylation sites is 6. The van der Waals surface area contributed by atoms with E-state index in [0.29, 0.717) is 34.5 Å². The number of phenols is 6. The number of aromatic hydroxyl groups is 6. The van der Waals surface area contributed by atoms with E-state index in [0.717, 1.165) is 71.9 Å². The lowest BCUT2D eigenvalue weighted by molar-refractivity contribution is 0.465. The highest BCUT2D eigenvalue weighted by Gasteiger charge is 2.04. The zero-order chi connectivity index (χ0) is 66.3. The molecule has 0 aliphatic heterocycles. The van der Waals surface area contributed by atoms with Crippen LogP contribution in [0.3, 0.4) is 0 Å². The van der Waals surface area contributed by atoms with Gasteiger partial charge in [0, 0.05) is 0 Å². The van der Waals surface area contributed by atoms with Gasteiger partial charge in [-0.25, -0.2) is 0 Å². The molecule has 0 aromatic heterocycles. The molecule has 0 atom stereocenters. The second kappa shape index (κ2) is 61.6. The van der Waals surface area contributed by atoms with Crippen LogP contribution in [0.5, 0.6) is 34.5 Å². The van der Waals surface area contributed by atoms with Crippen LogP contribution >= 0.6 is 0 Å². The molecular weight excluding hydrogens is 1120 g/mol. The van der Waals surface area contributed by atoms with E-state index in [2.05, 4.69) is 41.5 Å². The molecule has 0 heterocycles. The Bertz CT molecular complexity index is 2180. The number of aryl methyl sites for hydroxylation is 6. The van der Waals surface area contributed by atoms with Gasteiger partial charge in [0.05, 0.1) is 0 Å². The first kappa shape index (κ1) is 83.1. The monoisotopic (exact) mass is 1250 g/mol. The van der Waals surface area contributed by atoms with E-state index in [1.165, 1.54) is 238 Å². The maximum atomic E-state index is 9.58. The third-order valence-corrected chi connectivity index (χ3v) is 17.0. The van der Waals surface area contributed by atoms with Gasteiger partial charge in [-0.2, -0.15) is 0 Å². The van der Waals surface area contributed by atoms with Crippen LogP contribution in [0.15, 0.2) is 146 Å². The molecule has 0 fully saturated rings. The molecule has 91 heavy (non-hydrogen) atoms. The summed E-state index contributed by atoms with van der Waals surface area (Å²) < 4.78 is 0. The summed E-state index contributed by atoms with van der Waals surface area (Å²) >= 11 is 0. The molecule has 0 aliphatic carbocycles. The SMILES string of the molecule is CCCCCCCCCc1ccccc1O.CCCCCCCCc1ccccc1O.CCCCCCCCc1ccccc1O.CCCCCCCCc1ccccc1O.CCCCCCCCc1ccccc1O.CCCCCCCCc1ccccc1O. The number of hydrogen-bond donors (Lipinski definition) is 6. The first-order chi connectivity index (χ1) is 44.6. The maximum Gasteiger partial charge on any atom is 0.118 e. The van der Waals surface area contributed by atoms with E-state index in [4.69, 9.17) is 0 Å². The van der Waals surface area contributed by atoms with Crippen molar-refractivity contribution in [1.29, 1.82) is 0 Å². The van der Waals surface area contributed by atoms with Crippen molar-refractivity contribution < 1.29 is 30.6 Å². The summed E-state index contributed by atoms with van der Waals surface area (Å²) in [4.78, 5) is 0. The van der Waals surface area contributed by atoms with E-state index >= 15 is 0 Å². The molecule has 6 nitrogen and oxygen atoms in total. The van der Waals surface area contributed by atoms with Crippen molar-refractivity contribution in [1.82, 2.24) is 0 Å². The molecule has 0 spiro atoms. The zero-order valence-electron chi connectivity index (χ0n) is 58.9. The van der Waals surface area contributed by atoms with Gasteiger partial charge < -0.3 is 30.6 Å². The molecule has 6 heteroatoms. The summed E-state index contributed by atoms with van der Waals surface area (Å²) in [5.74, 6) is 2.70. The Morgan fingerprint density at radius 3 is 0.385 bits per heavy atom. The van der Waals surface area contributed by atoms with E-state index < -0.39 is 0 Å². The topological polar surface area (TPSA) is 121 Å². The minimum absolute atomic E-state index is 0.450. The molecule has 0 bridgehead atoms. The van der Waals surface area contributed by atoms with E-state index in [1.807, 2.05) is 109 Å². The van der Waals surface area contributed by atoms with Crippen LogP contribution < -0.4 is 0 Å². The van der Waals surface area contributed by atoms with E-state index in [1.54, 1.807) is 36.4 Å². The van der Waals surface area contributed by atoms with Gasteiger partial charge in [0.1, 0.15) is 34.5 Å². The quantitative estimate of drug-likeness (QED) is 0.0212. The van der Waals surface area contributed by atoms with Crippen LogP contribution in [0.25, 0.3) is 0 Å². The minimum Gasteiger partial charge on any atom is -0.508 e. The largest absolute Gasteiger partial charge is 0.508 e. The minimum atomic E-state index is 0.450. The van der Waals surface area contributed by atoms with Crippen LogP contribution in [0, 0.1) is 0 Å². The van der Waals surface area contributed by atoms with Gasteiger partial charge in [-0.05, 0) is 147 Å². The molecule has 6 rings (SSSR count). The van der Waals surface area contributed by atoms with Crippen molar-refractivity contribution in [2.45, 2.75) is 318 Å². The van der Waals surface area contributed by atoms with Crippen molar-refractivity contribution in [3.8, 4) is 34.5 Å². The maximum absolute atomic E-state index is 9.58. The number of hydrogen-bond acceptors (Lipinski definition) is 6. The molecule has 0 radical (unpaired) electrons. The molecule has 0 aliphatic rings. The molecule has 6 aromatic carbocycles. The normalized spacial score (nSPS) is 10.5. The lowest BCUT2D eigenvalue weighted by Crippen LogP contribution is -1.87. The third kappa shape index (κ3) is 47.6. The van der Waals surface area contributed by atoms with Gasteiger partial charge in [0.25, 0.3) is 0 Å². The second-order valence-electron chi connectivity index (χ2n) is 25.2. The Balaban J connectivity index is 0.000000546. The second-order valence-corrected chi connectivity index (χ2v) is 25.2. The first-order valence-electron chi connectivity index (χ1n) is 37.2. The fraction of sp³-hybridized carbons (Fsp3) is 0.576. The molecule has 6 aromatic rings. The Morgan fingerprint density at radius 2 is 0.264 bits per heavy atom. The first-order valence-corrected chi connectivity index (χ1v) is 37.2. The zero-order valence-corrected chi connectivity index (χ0v) is 58.9. The number of rotatable bonds is 43. The summed E-state index contributed by atoms with van der Waals surface area (Å²) in [5, 5.41) is 57.3. The van der Waals surface area contributed by atoms with Gasteiger partial charge in [-0.15, -0.1) is 0 Å². The number of benzene rings is 6. The van der Waals surface area contributed by atoms with Crippen LogP contribution in [0.1, 0.15) is 312 Å². The highest BCUT2D eigenvalue weighted by atomic mass is 16.3. The van der Waals surface area contributed by atoms with Gasteiger partial charge in [0.2, 0.25) is 0 Å². The standard InChI is InChI=1S/C15H24O.5C14H22O/c1-2-3-4-5-6-7-8-11-14-12-9-10-13-15(14)16;5*1-2-3-4-5-6-7-10-13-11-8-9-12-14(13)15/h9-10,12-13,16H,2-8,11H2,1H3;5*8-9,11-12,15H,2-7,10H2,1H3. The summed E-state index contributed by atoms with van der Waals surface area (Å²) in [5.41, 5.74) is 6.55. The highest BCUT2D eigenvalue weighted by molar-refractivity contribution is 5.35. The van der Waals surface area contributed by atoms with Gasteiger partial charge in [0.15, 0.2) is 0 Å². The highest BCUT2D eigenvalue weighted by Crippen LogP contribution is 2.24. The molecule has 6 N–H and O–H groups in total. The fourth-order valence-corrected chi connectivity index (χ4v) is 11.1. The molecule has 0 saturated carbocycles. The van der Waals surface area contributed by atoms with Crippen LogP contribution in [0.4, 0.5) is 0 Å². The summed E-state index contributed by atoms with van der Waals surface area (Å²) in [6.07, 6.45) is 54.5. The fourth-order valence-electron chi connectivity index (χ4n) is 11.1. The van der Waals surface area contributed by atoms with Crippen molar-refractivity contribution in [3.63, 3.8) is 0 Å². The Morgan fingerprint density at radius 1 is 0.154 bits per heavy atom. The summed E-state index contributed by atoms with van der Waals surface area (Å²) in [7, 11) is 0. The van der Waals surface area contributed by atoms with Crippen molar-refractivity contribution in [3.05, 3.63) is 179 Å². The third-order valence-electron chi connectivity index (χ3n) is 17.0. The average molecular weight is 1250 g/mol. The predicted octanol–water partition coefficient (Wildman–Crippen LogP) is 26.2. The lowest BCUT2D eigenvalue weighted by Gasteiger charge is -2.04. The molecular formula is C85H134O6. The van der Waals surface area contributed by atoms with Crippen LogP contribution in [0.2, 0.25) is 0 Å². The summed E-state index contributed by atoms with van der Waals surface area (Å²) in [6.45, 7) is 13.4. The Labute approximate surface area is 558 Å². The lowest BCUT2D eigenvalue weighted by atomic mass is 10.0. The Hall–Kier alpha value is -5.88. The van der Waals surface area contributed by atoms with Gasteiger partial charge >= 0.3 is 0 Å². The average Bonchev–Trinajstić information content (AvgIpc) is 3.77. The van der Waals surface area contributed by atoms with Crippen LogP contribution in [-0.2, 0) is 38.5 Å². The van der Waals surface area contributed by atoms with Gasteiger partial charge in [-0.1, -0.05) is 350 Å². The number of unbranched alkanes of at least 4 members (excludes halogenated alkanes) is 31. The molecule has 0 saturated heterocycles.